The average molecular weight is 288 g/mol. The lowest BCUT2D eigenvalue weighted by molar-refractivity contribution is 0.470. The van der Waals surface area contributed by atoms with Crippen molar-refractivity contribution in [1.29, 1.82) is 0 Å². The van der Waals surface area contributed by atoms with E-state index in [1.807, 2.05) is 19.1 Å². The van der Waals surface area contributed by atoms with Gasteiger partial charge in [-0.3, -0.25) is 10.1 Å². The molecule has 0 radical (unpaired) electrons. The Hall–Kier alpha value is -2.22. The molecule has 8 heteroatoms. The molecule has 0 aliphatic heterocycles. The van der Waals surface area contributed by atoms with Gasteiger partial charge < -0.3 is 4.42 Å². The van der Waals surface area contributed by atoms with Gasteiger partial charge in [0.1, 0.15) is 0 Å². The Morgan fingerprint density at radius 3 is 2.95 bits per heavy atom. The van der Waals surface area contributed by atoms with Crippen LogP contribution in [0.15, 0.2) is 34.1 Å². The number of hydrogen-bond donors (Lipinski definition) is 1. The molecular weight excluding hydrogens is 276 g/mol. The Morgan fingerprint density at radius 1 is 1.35 bits per heavy atom. The van der Waals surface area contributed by atoms with Crippen LogP contribution in [0.3, 0.4) is 0 Å². The van der Waals surface area contributed by atoms with E-state index in [-0.39, 0.29) is 5.25 Å². The molecule has 0 fully saturated rings. The van der Waals surface area contributed by atoms with Crippen molar-refractivity contribution in [3.63, 3.8) is 0 Å². The van der Waals surface area contributed by atoms with E-state index in [0.29, 0.717) is 22.8 Å². The number of nitrogens with zero attached hydrogens (tertiary/aromatic N) is 5. The van der Waals surface area contributed by atoms with Crippen LogP contribution >= 0.6 is 11.8 Å². The lowest BCUT2D eigenvalue weighted by Crippen LogP contribution is -1.89. The first-order valence-electron chi connectivity index (χ1n) is 6.02. The maximum Gasteiger partial charge on any atom is 0.229 e. The van der Waals surface area contributed by atoms with Gasteiger partial charge in [-0.15, -0.1) is 15.3 Å². The van der Waals surface area contributed by atoms with E-state index < -0.39 is 0 Å². The van der Waals surface area contributed by atoms with Gasteiger partial charge in [-0.05, 0) is 19.1 Å². The van der Waals surface area contributed by atoms with Gasteiger partial charge in [-0.25, -0.2) is 4.98 Å². The van der Waals surface area contributed by atoms with Crippen LogP contribution < -0.4 is 0 Å². The summed E-state index contributed by atoms with van der Waals surface area (Å²) < 4.78 is 5.39. The second-order valence-corrected chi connectivity index (χ2v) is 5.44. The molecule has 1 N–H and O–H groups in total. The Kier molecular flexibility index (Phi) is 3.46. The van der Waals surface area contributed by atoms with Gasteiger partial charge in [-0.1, -0.05) is 11.8 Å². The van der Waals surface area contributed by atoms with Crippen molar-refractivity contribution in [2.75, 3.05) is 0 Å². The molecule has 1 unspecified atom stereocenters. The topological polar surface area (TPSA) is 93.4 Å². The average Bonchev–Trinajstić information content (AvgIpc) is 3.09. The number of thioether (sulfide) groups is 1. The van der Waals surface area contributed by atoms with Gasteiger partial charge in [0.25, 0.3) is 0 Å². The molecule has 0 aromatic carbocycles. The fourth-order valence-corrected chi connectivity index (χ4v) is 2.37. The van der Waals surface area contributed by atoms with Crippen LogP contribution in [0, 0.1) is 6.92 Å². The van der Waals surface area contributed by atoms with E-state index in [1.54, 1.807) is 19.3 Å². The summed E-state index contributed by atoms with van der Waals surface area (Å²) in [6, 6.07) is 3.78. The van der Waals surface area contributed by atoms with E-state index in [9.17, 15) is 0 Å². The highest BCUT2D eigenvalue weighted by Crippen LogP contribution is 2.32. The van der Waals surface area contributed by atoms with E-state index in [0.717, 1.165) is 5.56 Å². The van der Waals surface area contributed by atoms with Gasteiger partial charge in [0.2, 0.25) is 16.9 Å². The zero-order valence-corrected chi connectivity index (χ0v) is 11.8. The Morgan fingerprint density at radius 2 is 2.25 bits per heavy atom. The summed E-state index contributed by atoms with van der Waals surface area (Å²) in [5, 5.41) is 15.5. The number of pyridine rings is 1. The molecule has 0 aliphatic rings. The van der Waals surface area contributed by atoms with E-state index in [1.165, 1.54) is 11.8 Å². The van der Waals surface area contributed by atoms with Crippen LogP contribution in [0.2, 0.25) is 0 Å². The molecule has 0 aliphatic carbocycles. The first-order valence-corrected chi connectivity index (χ1v) is 6.90. The SMILES string of the molecule is Cc1nnc(C(C)Sc2n[nH]c(-c3cccnc3)n2)o1. The Balaban J connectivity index is 1.74. The summed E-state index contributed by atoms with van der Waals surface area (Å²) in [6.07, 6.45) is 3.45. The van der Waals surface area contributed by atoms with Gasteiger partial charge in [0, 0.05) is 24.9 Å². The number of nitrogens with one attached hydrogen (secondary N) is 1. The fraction of sp³-hybridized carbons (Fsp3) is 0.250. The molecule has 7 nitrogen and oxygen atoms in total. The van der Waals surface area contributed by atoms with Crippen molar-refractivity contribution in [2.45, 2.75) is 24.3 Å². The number of aromatic nitrogens is 6. The lowest BCUT2D eigenvalue weighted by Gasteiger charge is -2.01. The summed E-state index contributed by atoms with van der Waals surface area (Å²) in [6.45, 7) is 3.74. The minimum atomic E-state index is -0.00579. The number of H-pyrrole nitrogens is 1. The second kappa shape index (κ2) is 5.41. The molecule has 102 valence electrons. The highest BCUT2D eigenvalue weighted by molar-refractivity contribution is 7.99. The van der Waals surface area contributed by atoms with E-state index in [4.69, 9.17) is 4.42 Å². The second-order valence-electron chi connectivity index (χ2n) is 4.13. The monoisotopic (exact) mass is 288 g/mol. The minimum absolute atomic E-state index is 0.00579. The first kappa shape index (κ1) is 12.8. The van der Waals surface area contributed by atoms with Crippen molar-refractivity contribution in [3.05, 3.63) is 36.3 Å². The van der Waals surface area contributed by atoms with Crippen LogP contribution in [-0.2, 0) is 0 Å². The van der Waals surface area contributed by atoms with Crippen LogP contribution in [0.4, 0.5) is 0 Å². The summed E-state index contributed by atoms with van der Waals surface area (Å²) in [4.78, 5) is 8.47. The lowest BCUT2D eigenvalue weighted by atomic mass is 10.3. The molecule has 0 spiro atoms. The number of hydrogen-bond acceptors (Lipinski definition) is 7. The number of aromatic amines is 1. The molecule has 0 saturated heterocycles. The fourth-order valence-electron chi connectivity index (χ4n) is 1.62. The first-order chi connectivity index (χ1) is 9.72. The molecular formula is C12H12N6OS. The van der Waals surface area contributed by atoms with Crippen molar-refractivity contribution < 1.29 is 4.42 Å². The third-order valence-electron chi connectivity index (χ3n) is 2.57. The zero-order chi connectivity index (χ0) is 13.9. The highest BCUT2D eigenvalue weighted by Gasteiger charge is 2.17. The number of aryl methyl sites for hydroxylation is 1. The number of rotatable bonds is 4. The van der Waals surface area contributed by atoms with E-state index in [2.05, 4.69) is 30.4 Å². The summed E-state index contributed by atoms with van der Waals surface area (Å²) >= 11 is 1.46. The minimum Gasteiger partial charge on any atom is -0.424 e. The molecule has 3 heterocycles. The van der Waals surface area contributed by atoms with Crippen molar-refractivity contribution in [3.8, 4) is 11.4 Å². The molecule has 1 atom stereocenters. The van der Waals surface area contributed by atoms with Gasteiger partial charge in [0.05, 0.1) is 5.25 Å². The summed E-state index contributed by atoms with van der Waals surface area (Å²) in [5.74, 6) is 1.81. The standard InChI is InChI=1S/C12H12N6OS/c1-7(11-17-15-8(2)19-11)20-12-14-10(16-18-12)9-4-3-5-13-6-9/h3-7H,1-2H3,(H,14,16,18). The summed E-state index contributed by atoms with van der Waals surface area (Å²) in [5.41, 5.74) is 0.896. The quantitative estimate of drug-likeness (QED) is 0.737. The van der Waals surface area contributed by atoms with Crippen LogP contribution in [0.25, 0.3) is 11.4 Å². The van der Waals surface area contributed by atoms with Crippen LogP contribution in [0.5, 0.6) is 0 Å². The third-order valence-corrected chi connectivity index (χ3v) is 3.52. The maximum atomic E-state index is 5.39. The smallest absolute Gasteiger partial charge is 0.229 e. The predicted molar refractivity (Wildman–Crippen MR) is 72.9 cm³/mol. The largest absolute Gasteiger partial charge is 0.424 e. The zero-order valence-electron chi connectivity index (χ0n) is 10.9. The molecule has 0 amide bonds. The van der Waals surface area contributed by atoms with Gasteiger partial charge in [0.15, 0.2) is 5.82 Å². The molecule has 3 rings (SSSR count). The van der Waals surface area contributed by atoms with Gasteiger partial charge in [-0.2, -0.15) is 0 Å². The molecule has 0 saturated carbocycles. The Labute approximate surface area is 119 Å². The predicted octanol–water partition coefficient (Wildman–Crippen LogP) is 2.41. The van der Waals surface area contributed by atoms with Crippen LogP contribution in [-0.4, -0.2) is 30.4 Å². The molecule has 20 heavy (non-hydrogen) atoms. The van der Waals surface area contributed by atoms with Crippen molar-refractivity contribution in [2.24, 2.45) is 0 Å². The normalized spacial score (nSPS) is 12.5. The molecule has 3 aromatic rings. The van der Waals surface area contributed by atoms with E-state index >= 15 is 0 Å². The Bertz CT molecular complexity index is 695. The van der Waals surface area contributed by atoms with Crippen molar-refractivity contribution in [1.82, 2.24) is 30.4 Å². The van der Waals surface area contributed by atoms with Crippen LogP contribution in [0.1, 0.15) is 24.0 Å². The highest BCUT2D eigenvalue weighted by atomic mass is 32.2. The molecule has 3 aromatic heterocycles. The maximum absolute atomic E-state index is 5.39. The summed E-state index contributed by atoms with van der Waals surface area (Å²) in [7, 11) is 0. The van der Waals surface area contributed by atoms with Gasteiger partial charge >= 0.3 is 0 Å². The molecule has 0 bridgehead atoms. The third kappa shape index (κ3) is 2.69. The van der Waals surface area contributed by atoms with Crippen molar-refractivity contribution >= 4 is 11.8 Å².